The van der Waals surface area contributed by atoms with Gasteiger partial charge in [-0.3, -0.25) is 0 Å². The highest BCUT2D eigenvalue weighted by Crippen LogP contribution is 2.30. The first-order chi connectivity index (χ1) is 8.61. The Morgan fingerprint density at radius 2 is 1.94 bits per heavy atom. The number of hydrogen-bond acceptors (Lipinski definition) is 2. The minimum atomic E-state index is -0.121. The second-order valence-electron chi connectivity index (χ2n) is 5.63. The summed E-state index contributed by atoms with van der Waals surface area (Å²) in [5, 5.41) is 0. The molecule has 1 fully saturated rings. The largest absolute Gasteiger partial charge is 0.371 e. The summed E-state index contributed by atoms with van der Waals surface area (Å²) in [4.78, 5) is 2.33. The monoisotopic (exact) mass is 250 g/mol. The molecule has 0 saturated carbocycles. The minimum Gasteiger partial charge on any atom is -0.371 e. The third kappa shape index (κ3) is 2.83. The van der Waals surface area contributed by atoms with Crippen molar-refractivity contribution in [2.45, 2.75) is 26.7 Å². The smallest absolute Gasteiger partial charge is 0.128 e. The third-order valence-corrected chi connectivity index (χ3v) is 3.70. The van der Waals surface area contributed by atoms with E-state index in [1.165, 1.54) is 12.5 Å². The van der Waals surface area contributed by atoms with Gasteiger partial charge in [-0.1, -0.05) is 19.9 Å². The summed E-state index contributed by atoms with van der Waals surface area (Å²) in [7, 11) is 0. The Balaban J connectivity index is 2.29. The molecule has 1 aromatic carbocycles. The van der Waals surface area contributed by atoms with Crippen LogP contribution in [0.25, 0.3) is 0 Å². The Morgan fingerprint density at radius 3 is 2.56 bits per heavy atom. The molecule has 2 nitrogen and oxygen atoms in total. The van der Waals surface area contributed by atoms with E-state index in [9.17, 15) is 4.39 Å². The van der Waals surface area contributed by atoms with Gasteiger partial charge in [0, 0.05) is 24.3 Å². The van der Waals surface area contributed by atoms with Crippen molar-refractivity contribution in [1.29, 1.82) is 0 Å². The second kappa shape index (κ2) is 5.70. The lowest BCUT2D eigenvalue weighted by atomic mass is 9.91. The molecule has 18 heavy (non-hydrogen) atoms. The molecular weight excluding hydrogens is 227 g/mol. The maximum Gasteiger partial charge on any atom is 0.128 e. The van der Waals surface area contributed by atoms with Crippen molar-refractivity contribution in [3.63, 3.8) is 0 Å². The van der Waals surface area contributed by atoms with Crippen LogP contribution in [-0.4, -0.2) is 19.6 Å². The van der Waals surface area contributed by atoms with E-state index in [-0.39, 0.29) is 5.82 Å². The van der Waals surface area contributed by atoms with Crippen molar-refractivity contribution >= 4 is 5.69 Å². The van der Waals surface area contributed by atoms with Gasteiger partial charge in [0.25, 0.3) is 0 Å². The van der Waals surface area contributed by atoms with Crippen LogP contribution in [0.5, 0.6) is 0 Å². The third-order valence-electron chi connectivity index (χ3n) is 3.70. The Morgan fingerprint density at radius 1 is 1.28 bits per heavy atom. The zero-order valence-electron chi connectivity index (χ0n) is 11.3. The molecule has 2 rings (SSSR count). The Labute approximate surface area is 109 Å². The van der Waals surface area contributed by atoms with E-state index in [2.05, 4.69) is 18.7 Å². The maximum atomic E-state index is 13.9. The van der Waals surface area contributed by atoms with Gasteiger partial charge < -0.3 is 10.6 Å². The summed E-state index contributed by atoms with van der Waals surface area (Å²) in [6.07, 6.45) is 1.87. The van der Waals surface area contributed by atoms with Crippen molar-refractivity contribution in [3.05, 3.63) is 29.6 Å². The van der Waals surface area contributed by atoms with Gasteiger partial charge in [-0.05, 0) is 43.4 Å². The summed E-state index contributed by atoms with van der Waals surface area (Å²) >= 11 is 0. The first-order valence-electron chi connectivity index (χ1n) is 6.84. The van der Waals surface area contributed by atoms with Gasteiger partial charge in [-0.15, -0.1) is 0 Å². The van der Waals surface area contributed by atoms with Crippen molar-refractivity contribution < 1.29 is 4.39 Å². The number of halogens is 1. The van der Waals surface area contributed by atoms with Crippen LogP contribution in [0.4, 0.5) is 10.1 Å². The first-order valence-corrected chi connectivity index (χ1v) is 6.84. The zero-order valence-corrected chi connectivity index (χ0v) is 11.3. The lowest BCUT2D eigenvalue weighted by Crippen LogP contribution is -2.39. The quantitative estimate of drug-likeness (QED) is 0.894. The number of piperidine rings is 1. The van der Waals surface area contributed by atoms with E-state index in [1.54, 1.807) is 6.07 Å². The summed E-state index contributed by atoms with van der Waals surface area (Å²) < 4.78 is 13.9. The molecule has 3 heteroatoms. The van der Waals surface area contributed by atoms with Crippen LogP contribution in [0.3, 0.4) is 0 Å². The first kappa shape index (κ1) is 13.3. The lowest BCUT2D eigenvalue weighted by Gasteiger charge is -2.37. The topological polar surface area (TPSA) is 29.3 Å². The van der Waals surface area contributed by atoms with E-state index in [0.29, 0.717) is 24.8 Å². The summed E-state index contributed by atoms with van der Waals surface area (Å²) in [6.45, 7) is 7.07. The average Bonchev–Trinajstić information content (AvgIpc) is 2.30. The molecule has 1 heterocycles. The zero-order chi connectivity index (χ0) is 13.1. The molecule has 2 N–H and O–H groups in total. The van der Waals surface area contributed by atoms with Gasteiger partial charge in [-0.25, -0.2) is 4.39 Å². The SMILES string of the molecule is CC1CC(C)CN(c2cccc(F)c2CCN)C1. The standard InChI is InChI=1S/C15H23FN2/c1-11-8-12(2)10-18(9-11)15-5-3-4-14(16)13(15)6-7-17/h3-5,11-12H,6-10,17H2,1-2H3. The fourth-order valence-electron chi connectivity index (χ4n) is 3.10. The van der Waals surface area contributed by atoms with Crippen molar-refractivity contribution in [3.8, 4) is 0 Å². The normalized spacial score (nSPS) is 24.3. The molecule has 0 amide bonds. The number of anilines is 1. The lowest BCUT2D eigenvalue weighted by molar-refractivity contribution is 0.356. The molecule has 2 atom stereocenters. The number of rotatable bonds is 3. The fourth-order valence-corrected chi connectivity index (χ4v) is 3.10. The highest BCUT2D eigenvalue weighted by molar-refractivity contribution is 5.55. The molecule has 1 saturated heterocycles. The molecule has 1 aliphatic heterocycles. The molecule has 100 valence electrons. The van der Waals surface area contributed by atoms with Crippen LogP contribution < -0.4 is 10.6 Å². The highest BCUT2D eigenvalue weighted by Gasteiger charge is 2.24. The molecule has 1 aliphatic rings. The number of nitrogens with two attached hydrogens (primary N) is 1. The van der Waals surface area contributed by atoms with Gasteiger partial charge >= 0.3 is 0 Å². The highest BCUT2D eigenvalue weighted by atomic mass is 19.1. The molecule has 0 aromatic heterocycles. The maximum absolute atomic E-state index is 13.9. The van der Waals surface area contributed by atoms with E-state index in [4.69, 9.17) is 5.73 Å². The van der Waals surface area contributed by atoms with Gasteiger partial charge in [0.2, 0.25) is 0 Å². The predicted molar refractivity (Wildman–Crippen MR) is 74.3 cm³/mol. The van der Waals surface area contributed by atoms with E-state index in [0.717, 1.165) is 24.3 Å². The fraction of sp³-hybridized carbons (Fsp3) is 0.600. The molecular formula is C15H23FN2. The van der Waals surface area contributed by atoms with Crippen LogP contribution in [-0.2, 0) is 6.42 Å². The van der Waals surface area contributed by atoms with Crippen molar-refractivity contribution in [1.82, 2.24) is 0 Å². The summed E-state index contributed by atoms with van der Waals surface area (Å²) in [6, 6.07) is 5.36. The Hall–Kier alpha value is -1.09. The second-order valence-corrected chi connectivity index (χ2v) is 5.63. The van der Waals surface area contributed by atoms with Crippen LogP contribution in [0.2, 0.25) is 0 Å². The van der Waals surface area contributed by atoms with Gasteiger partial charge in [-0.2, -0.15) is 0 Å². The predicted octanol–water partition coefficient (Wildman–Crippen LogP) is 2.81. The molecule has 0 aliphatic carbocycles. The van der Waals surface area contributed by atoms with Gasteiger partial charge in [0.05, 0.1) is 0 Å². The Kier molecular flexibility index (Phi) is 4.23. The van der Waals surface area contributed by atoms with E-state index in [1.807, 2.05) is 6.07 Å². The van der Waals surface area contributed by atoms with Crippen molar-refractivity contribution in [2.75, 3.05) is 24.5 Å². The Bertz CT molecular complexity index is 395. The molecule has 0 radical (unpaired) electrons. The van der Waals surface area contributed by atoms with Gasteiger partial charge in [0.15, 0.2) is 0 Å². The number of benzene rings is 1. The molecule has 2 unspecified atom stereocenters. The number of hydrogen-bond donors (Lipinski definition) is 1. The van der Waals surface area contributed by atoms with Crippen LogP contribution in [0, 0.1) is 17.7 Å². The van der Waals surface area contributed by atoms with Crippen LogP contribution in [0.15, 0.2) is 18.2 Å². The summed E-state index contributed by atoms with van der Waals surface area (Å²) in [5.74, 6) is 1.22. The summed E-state index contributed by atoms with van der Waals surface area (Å²) in [5.41, 5.74) is 7.42. The van der Waals surface area contributed by atoms with Crippen molar-refractivity contribution in [2.24, 2.45) is 17.6 Å². The minimum absolute atomic E-state index is 0.121. The average molecular weight is 250 g/mol. The van der Waals surface area contributed by atoms with E-state index >= 15 is 0 Å². The van der Waals surface area contributed by atoms with Crippen LogP contribution in [0.1, 0.15) is 25.8 Å². The molecule has 1 aromatic rings. The number of nitrogens with zero attached hydrogens (tertiary/aromatic N) is 1. The van der Waals surface area contributed by atoms with Crippen LogP contribution >= 0.6 is 0 Å². The van der Waals surface area contributed by atoms with E-state index < -0.39 is 0 Å². The molecule has 0 bridgehead atoms. The molecule has 0 spiro atoms. The van der Waals surface area contributed by atoms with Gasteiger partial charge in [0.1, 0.15) is 5.82 Å².